The number of likely N-dealkylation sites (tertiary alicyclic amines) is 1. The van der Waals surface area contributed by atoms with E-state index in [1.54, 1.807) is 4.90 Å². The highest BCUT2D eigenvalue weighted by Crippen LogP contribution is 2.45. The van der Waals surface area contributed by atoms with Crippen LogP contribution in [0, 0.1) is 17.3 Å². The van der Waals surface area contributed by atoms with Crippen molar-refractivity contribution in [3.8, 4) is 0 Å². The minimum Gasteiger partial charge on any atom is -0.341 e. The first kappa shape index (κ1) is 25.2. The molecule has 0 unspecified atom stereocenters. The summed E-state index contributed by atoms with van der Waals surface area (Å²) < 4.78 is 0. The van der Waals surface area contributed by atoms with Crippen LogP contribution in [0.3, 0.4) is 0 Å². The zero-order valence-corrected chi connectivity index (χ0v) is 21.1. The molecular weight excluding hydrogens is 444 g/mol. The van der Waals surface area contributed by atoms with Gasteiger partial charge in [-0.25, -0.2) is 4.79 Å². The van der Waals surface area contributed by atoms with Crippen molar-refractivity contribution in [1.82, 2.24) is 15.1 Å². The van der Waals surface area contributed by atoms with E-state index in [2.05, 4.69) is 31.4 Å². The van der Waals surface area contributed by atoms with Gasteiger partial charge in [-0.2, -0.15) is 0 Å². The first-order chi connectivity index (χ1) is 16.6. The van der Waals surface area contributed by atoms with Crippen molar-refractivity contribution in [3.63, 3.8) is 0 Å². The lowest BCUT2D eigenvalue weighted by molar-refractivity contribution is -0.141. The third-order valence-electron chi connectivity index (χ3n) is 8.65. The molecule has 1 aromatic carbocycles. The second kappa shape index (κ2) is 9.99. The van der Waals surface area contributed by atoms with Crippen molar-refractivity contribution < 1.29 is 19.2 Å². The smallest absolute Gasteiger partial charge is 0.325 e. The number of nitrogens with one attached hydrogen (secondary N) is 2. The Balaban J connectivity index is 1.28. The van der Waals surface area contributed by atoms with Crippen LogP contribution in [0.1, 0.15) is 65.7 Å². The summed E-state index contributed by atoms with van der Waals surface area (Å²) in [6.07, 6.45) is 5.24. The van der Waals surface area contributed by atoms with Crippen LogP contribution >= 0.6 is 0 Å². The quantitative estimate of drug-likeness (QED) is 0.603. The zero-order chi connectivity index (χ0) is 25.2. The Kier molecular flexibility index (Phi) is 7.20. The fourth-order valence-corrected chi connectivity index (χ4v) is 5.73. The van der Waals surface area contributed by atoms with Crippen molar-refractivity contribution >= 4 is 29.4 Å². The summed E-state index contributed by atoms with van der Waals surface area (Å²) in [6.45, 7) is 7.37. The number of benzene rings is 1. The molecule has 2 heterocycles. The number of piperidine rings is 1. The van der Waals surface area contributed by atoms with E-state index in [9.17, 15) is 19.2 Å². The lowest BCUT2D eigenvalue weighted by Crippen LogP contribution is -2.51. The Morgan fingerprint density at radius 1 is 1.06 bits per heavy atom. The molecule has 8 nitrogen and oxygen atoms in total. The fourth-order valence-electron chi connectivity index (χ4n) is 5.73. The van der Waals surface area contributed by atoms with Gasteiger partial charge in [-0.05, 0) is 62.0 Å². The van der Waals surface area contributed by atoms with Crippen LogP contribution in [-0.4, -0.2) is 58.7 Å². The van der Waals surface area contributed by atoms with E-state index in [4.69, 9.17) is 0 Å². The number of amides is 5. The van der Waals surface area contributed by atoms with Crippen LogP contribution in [0.25, 0.3) is 0 Å². The van der Waals surface area contributed by atoms with Gasteiger partial charge < -0.3 is 15.5 Å². The van der Waals surface area contributed by atoms with Crippen molar-refractivity contribution in [2.45, 2.75) is 71.3 Å². The first-order valence-corrected chi connectivity index (χ1v) is 12.9. The SMILES string of the molecule is CCC(C)(C)C1CCC2(CC1)NC(=O)N(CC(=O)N1CCC(C(=O)Nc3ccccc3)CC1)C2=O. The van der Waals surface area contributed by atoms with Crippen molar-refractivity contribution in [2.75, 3.05) is 25.0 Å². The molecule has 3 aliphatic rings. The maximum Gasteiger partial charge on any atom is 0.325 e. The molecule has 1 aliphatic carbocycles. The minimum atomic E-state index is -0.861. The number of para-hydroxylation sites is 1. The molecule has 2 saturated heterocycles. The largest absolute Gasteiger partial charge is 0.341 e. The molecule has 35 heavy (non-hydrogen) atoms. The molecular formula is C27H38N4O4. The molecule has 0 aromatic heterocycles. The number of imide groups is 1. The van der Waals surface area contributed by atoms with Gasteiger partial charge in [0.2, 0.25) is 11.8 Å². The number of anilines is 1. The molecule has 0 atom stereocenters. The molecule has 1 spiro atoms. The van der Waals surface area contributed by atoms with Crippen molar-refractivity contribution in [1.29, 1.82) is 0 Å². The molecule has 5 amide bonds. The second-order valence-corrected chi connectivity index (χ2v) is 11.0. The lowest BCUT2D eigenvalue weighted by atomic mass is 9.65. The summed E-state index contributed by atoms with van der Waals surface area (Å²) in [5, 5.41) is 5.85. The number of carbonyl (C=O) groups is 4. The van der Waals surface area contributed by atoms with Gasteiger partial charge in [-0.1, -0.05) is 45.4 Å². The number of urea groups is 1. The van der Waals surface area contributed by atoms with Crippen LogP contribution in [-0.2, 0) is 14.4 Å². The average Bonchev–Trinajstić information content (AvgIpc) is 3.08. The van der Waals surface area contributed by atoms with E-state index in [0.29, 0.717) is 44.7 Å². The predicted octanol–water partition coefficient (Wildman–Crippen LogP) is 3.78. The van der Waals surface area contributed by atoms with Gasteiger partial charge in [0.15, 0.2) is 0 Å². The fraction of sp³-hybridized carbons (Fsp3) is 0.630. The van der Waals surface area contributed by atoms with Gasteiger partial charge in [-0.15, -0.1) is 0 Å². The summed E-state index contributed by atoms with van der Waals surface area (Å²) in [5.41, 5.74) is 0.114. The molecule has 1 saturated carbocycles. The van der Waals surface area contributed by atoms with E-state index in [0.717, 1.165) is 29.8 Å². The second-order valence-electron chi connectivity index (χ2n) is 11.0. The summed E-state index contributed by atoms with van der Waals surface area (Å²) in [5.74, 6) is -0.184. The maximum atomic E-state index is 13.3. The monoisotopic (exact) mass is 482 g/mol. The number of hydrogen-bond acceptors (Lipinski definition) is 4. The topological polar surface area (TPSA) is 98.8 Å². The van der Waals surface area contributed by atoms with Crippen LogP contribution in [0.15, 0.2) is 30.3 Å². The number of hydrogen-bond donors (Lipinski definition) is 2. The van der Waals surface area contributed by atoms with Crippen LogP contribution in [0.4, 0.5) is 10.5 Å². The van der Waals surface area contributed by atoms with Gasteiger partial charge >= 0.3 is 6.03 Å². The summed E-state index contributed by atoms with van der Waals surface area (Å²) >= 11 is 0. The zero-order valence-electron chi connectivity index (χ0n) is 21.1. The van der Waals surface area contributed by atoms with E-state index >= 15 is 0 Å². The third kappa shape index (κ3) is 5.21. The van der Waals surface area contributed by atoms with E-state index in [-0.39, 0.29) is 35.6 Å². The Hall–Kier alpha value is -2.90. The number of carbonyl (C=O) groups excluding carboxylic acids is 4. The Morgan fingerprint density at radius 3 is 2.29 bits per heavy atom. The normalized spacial score (nSPS) is 25.6. The van der Waals surface area contributed by atoms with Gasteiger partial charge in [0.1, 0.15) is 12.1 Å². The third-order valence-corrected chi connectivity index (χ3v) is 8.65. The van der Waals surface area contributed by atoms with Crippen LogP contribution in [0.5, 0.6) is 0 Å². The van der Waals surface area contributed by atoms with Crippen LogP contribution in [0.2, 0.25) is 0 Å². The molecule has 0 radical (unpaired) electrons. The minimum absolute atomic E-state index is 0.0406. The van der Waals surface area contributed by atoms with Gasteiger partial charge in [0, 0.05) is 24.7 Å². The number of nitrogens with zero attached hydrogens (tertiary/aromatic N) is 2. The lowest BCUT2D eigenvalue weighted by Gasteiger charge is -2.42. The van der Waals surface area contributed by atoms with Crippen LogP contribution < -0.4 is 10.6 Å². The number of rotatable bonds is 6. The van der Waals surface area contributed by atoms with Crippen molar-refractivity contribution in [3.05, 3.63) is 30.3 Å². The Labute approximate surface area is 207 Å². The molecule has 1 aromatic rings. The average molecular weight is 483 g/mol. The molecule has 8 heteroatoms. The highest BCUT2D eigenvalue weighted by atomic mass is 16.2. The molecule has 0 bridgehead atoms. The van der Waals surface area contributed by atoms with Gasteiger partial charge in [0.25, 0.3) is 5.91 Å². The molecule has 190 valence electrons. The first-order valence-electron chi connectivity index (χ1n) is 12.9. The predicted molar refractivity (Wildman–Crippen MR) is 133 cm³/mol. The highest BCUT2D eigenvalue weighted by molar-refractivity contribution is 6.09. The van der Waals surface area contributed by atoms with E-state index in [1.165, 1.54) is 0 Å². The molecule has 3 fully saturated rings. The standard InChI is InChI=1S/C27H38N4O4/c1-4-26(2,3)20-10-14-27(15-11-20)24(34)31(25(35)29-27)18-22(32)30-16-12-19(13-17-30)23(33)28-21-8-6-5-7-9-21/h5-9,19-20H,4,10-18H2,1-3H3,(H,28,33)(H,29,35). The summed E-state index contributed by atoms with van der Waals surface area (Å²) in [4.78, 5) is 54.3. The maximum absolute atomic E-state index is 13.3. The van der Waals surface area contributed by atoms with E-state index in [1.807, 2.05) is 30.3 Å². The Bertz CT molecular complexity index is 961. The summed E-state index contributed by atoms with van der Waals surface area (Å²) in [6, 6.07) is 8.86. The van der Waals surface area contributed by atoms with Gasteiger partial charge in [-0.3, -0.25) is 19.3 Å². The van der Waals surface area contributed by atoms with Crippen molar-refractivity contribution in [2.24, 2.45) is 17.3 Å². The Morgan fingerprint density at radius 2 is 1.69 bits per heavy atom. The summed E-state index contributed by atoms with van der Waals surface area (Å²) in [7, 11) is 0. The van der Waals surface area contributed by atoms with E-state index < -0.39 is 11.6 Å². The highest BCUT2D eigenvalue weighted by Gasteiger charge is 2.54. The van der Waals surface area contributed by atoms with Gasteiger partial charge in [0.05, 0.1) is 0 Å². The molecule has 4 rings (SSSR count). The molecule has 2 aliphatic heterocycles. The molecule has 2 N–H and O–H groups in total.